The van der Waals surface area contributed by atoms with Gasteiger partial charge in [0, 0.05) is 31.9 Å². The topological polar surface area (TPSA) is 24.2 Å². The second kappa shape index (κ2) is 3.87. The molecule has 0 radical (unpaired) electrons. The molecule has 5 heteroatoms. The van der Waals surface area contributed by atoms with Crippen molar-refractivity contribution in [3.63, 3.8) is 0 Å². The van der Waals surface area contributed by atoms with Gasteiger partial charge in [-0.05, 0) is 0 Å². The standard InChI is InChI=1S/C7H10ClN2OS/c1-9(2)7-3-5-10(6-4-7)12(8)11/h3-6H,1-2H3/q+1. The van der Waals surface area contributed by atoms with Gasteiger partial charge in [-0.15, -0.1) is 0 Å². The van der Waals surface area contributed by atoms with E-state index in [1.165, 1.54) is 3.97 Å². The van der Waals surface area contributed by atoms with Crippen molar-refractivity contribution in [1.82, 2.24) is 0 Å². The first-order valence-corrected chi connectivity index (χ1v) is 5.31. The SMILES string of the molecule is CN(C)c1cc[n+](S(=O)Cl)cc1. The summed E-state index contributed by atoms with van der Waals surface area (Å²) in [6.07, 6.45) is 3.36. The molecule has 0 N–H and O–H groups in total. The third-order valence-electron chi connectivity index (χ3n) is 1.47. The predicted octanol–water partition coefficient (Wildman–Crippen LogP) is 0.706. The Morgan fingerprint density at radius 1 is 1.42 bits per heavy atom. The van der Waals surface area contributed by atoms with Crippen molar-refractivity contribution in [3.8, 4) is 0 Å². The lowest BCUT2D eigenvalue weighted by Gasteiger charge is -2.09. The molecular formula is C7H10ClN2OS+. The zero-order valence-corrected chi connectivity index (χ0v) is 8.47. The van der Waals surface area contributed by atoms with Gasteiger partial charge in [0.1, 0.15) is 0 Å². The highest BCUT2D eigenvalue weighted by molar-refractivity contribution is 8.02. The van der Waals surface area contributed by atoms with Gasteiger partial charge >= 0.3 is 10.2 Å². The molecule has 0 bridgehead atoms. The lowest BCUT2D eigenvalue weighted by atomic mass is 10.4. The highest BCUT2D eigenvalue weighted by Gasteiger charge is 2.06. The summed E-state index contributed by atoms with van der Waals surface area (Å²) in [5.74, 6) is 0. The van der Waals surface area contributed by atoms with E-state index < -0.39 is 10.2 Å². The summed E-state index contributed by atoms with van der Waals surface area (Å²) >= 11 is 0. The van der Waals surface area contributed by atoms with Crippen LogP contribution in [-0.2, 0) is 10.2 Å². The molecule has 3 nitrogen and oxygen atoms in total. The molecule has 1 aromatic rings. The Kier molecular flexibility index (Phi) is 3.05. The Morgan fingerprint density at radius 2 is 1.92 bits per heavy atom. The van der Waals surface area contributed by atoms with E-state index in [9.17, 15) is 4.21 Å². The van der Waals surface area contributed by atoms with Crippen LogP contribution >= 0.6 is 10.7 Å². The minimum absolute atomic E-state index is 1.05. The first-order chi connectivity index (χ1) is 5.61. The largest absolute Gasteiger partial charge is 0.390 e. The molecule has 0 saturated carbocycles. The molecule has 1 heterocycles. The number of anilines is 1. The van der Waals surface area contributed by atoms with Gasteiger partial charge in [0.05, 0.1) is 10.7 Å². The summed E-state index contributed by atoms with van der Waals surface area (Å²) < 4.78 is 12.2. The minimum Gasteiger partial charge on any atom is -0.377 e. The van der Waals surface area contributed by atoms with Gasteiger partial charge < -0.3 is 4.90 Å². The average Bonchev–Trinajstić information content (AvgIpc) is 2.04. The van der Waals surface area contributed by atoms with Crippen LogP contribution in [0.5, 0.6) is 0 Å². The highest BCUT2D eigenvalue weighted by atomic mass is 35.7. The number of nitrogens with zero attached hydrogens (tertiary/aromatic N) is 2. The number of rotatable bonds is 2. The molecule has 1 aromatic heterocycles. The average molecular weight is 206 g/mol. The summed E-state index contributed by atoms with van der Waals surface area (Å²) in [4.78, 5) is 1.96. The van der Waals surface area contributed by atoms with E-state index in [2.05, 4.69) is 0 Å². The van der Waals surface area contributed by atoms with E-state index in [0.29, 0.717) is 0 Å². The molecule has 0 aromatic carbocycles. The van der Waals surface area contributed by atoms with Crippen molar-refractivity contribution in [2.45, 2.75) is 0 Å². The predicted molar refractivity (Wildman–Crippen MR) is 50.4 cm³/mol. The minimum atomic E-state index is -1.48. The number of hydrogen-bond acceptors (Lipinski definition) is 2. The van der Waals surface area contributed by atoms with Gasteiger partial charge in [-0.2, -0.15) is 4.21 Å². The number of pyridine rings is 1. The molecule has 1 unspecified atom stereocenters. The van der Waals surface area contributed by atoms with Crippen LogP contribution in [0.25, 0.3) is 0 Å². The Hall–Kier alpha value is -0.610. The Balaban J connectivity index is 2.93. The van der Waals surface area contributed by atoms with Gasteiger partial charge in [0.15, 0.2) is 12.4 Å². The van der Waals surface area contributed by atoms with Crippen LogP contribution in [0.1, 0.15) is 0 Å². The molecule has 0 spiro atoms. The van der Waals surface area contributed by atoms with Crippen LogP contribution in [0.4, 0.5) is 5.69 Å². The van der Waals surface area contributed by atoms with Gasteiger partial charge in [-0.1, -0.05) is 3.97 Å². The second-order valence-corrected chi connectivity index (χ2v) is 4.14. The third kappa shape index (κ3) is 2.19. The molecule has 1 rings (SSSR count). The Morgan fingerprint density at radius 3 is 2.25 bits per heavy atom. The van der Waals surface area contributed by atoms with Crippen LogP contribution in [0.15, 0.2) is 24.5 Å². The molecule has 0 aliphatic rings. The van der Waals surface area contributed by atoms with E-state index in [-0.39, 0.29) is 0 Å². The van der Waals surface area contributed by atoms with E-state index in [4.69, 9.17) is 10.7 Å². The molecule has 0 amide bonds. The Labute approximate surface area is 78.7 Å². The lowest BCUT2D eigenvalue weighted by molar-refractivity contribution is -0.500. The van der Waals surface area contributed by atoms with Crippen molar-refractivity contribution in [1.29, 1.82) is 0 Å². The monoisotopic (exact) mass is 205 g/mol. The van der Waals surface area contributed by atoms with E-state index >= 15 is 0 Å². The first-order valence-electron chi connectivity index (χ1n) is 3.38. The molecule has 66 valence electrons. The van der Waals surface area contributed by atoms with Crippen molar-refractivity contribution < 1.29 is 8.18 Å². The fraction of sp³-hybridized carbons (Fsp3) is 0.286. The fourth-order valence-electron chi connectivity index (χ4n) is 0.799. The molecule has 12 heavy (non-hydrogen) atoms. The summed E-state index contributed by atoms with van der Waals surface area (Å²) in [7, 11) is 7.76. The summed E-state index contributed by atoms with van der Waals surface area (Å²) in [5, 5.41) is 0. The lowest BCUT2D eigenvalue weighted by Crippen LogP contribution is -2.33. The van der Waals surface area contributed by atoms with E-state index in [0.717, 1.165) is 5.69 Å². The number of hydrogen-bond donors (Lipinski definition) is 0. The zero-order valence-electron chi connectivity index (χ0n) is 6.90. The normalized spacial score (nSPS) is 12.6. The molecule has 1 atom stereocenters. The van der Waals surface area contributed by atoms with Crippen molar-refractivity contribution in [2.24, 2.45) is 0 Å². The number of aromatic nitrogens is 1. The van der Waals surface area contributed by atoms with Gasteiger partial charge in [-0.3, -0.25) is 0 Å². The summed E-state index contributed by atoms with van der Waals surface area (Å²) in [6, 6.07) is 3.70. The highest BCUT2D eigenvalue weighted by Crippen LogP contribution is 2.06. The summed E-state index contributed by atoms with van der Waals surface area (Å²) in [5.41, 5.74) is 1.05. The number of halogens is 1. The van der Waals surface area contributed by atoms with Crippen molar-refractivity contribution in [2.75, 3.05) is 19.0 Å². The molecule has 0 aliphatic carbocycles. The maximum atomic E-state index is 10.8. The van der Waals surface area contributed by atoms with E-state index in [1.54, 1.807) is 12.4 Å². The summed E-state index contributed by atoms with van der Waals surface area (Å²) in [6.45, 7) is 0. The maximum Gasteiger partial charge on any atom is 0.390 e. The molecule has 0 aliphatic heterocycles. The van der Waals surface area contributed by atoms with Crippen LogP contribution in [-0.4, -0.2) is 18.3 Å². The smallest absolute Gasteiger partial charge is 0.377 e. The second-order valence-electron chi connectivity index (χ2n) is 2.52. The molecule has 0 saturated heterocycles. The van der Waals surface area contributed by atoms with Gasteiger partial charge in [0.25, 0.3) is 0 Å². The van der Waals surface area contributed by atoms with Crippen molar-refractivity contribution in [3.05, 3.63) is 24.5 Å². The van der Waals surface area contributed by atoms with E-state index in [1.807, 2.05) is 31.1 Å². The van der Waals surface area contributed by atoms with Crippen LogP contribution in [0, 0.1) is 0 Å². The zero-order chi connectivity index (χ0) is 9.14. The van der Waals surface area contributed by atoms with Crippen LogP contribution in [0.3, 0.4) is 0 Å². The van der Waals surface area contributed by atoms with Gasteiger partial charge in [-0.25, -0.2) is 0 Å². The quantitative estimate of drug-likeness (QED) is 0.525. The van der Waals surface area contributed by atoms with Crippen molar-refractivity contribution >= 4 is 26.6 Å². The van der Waals surface area contributed by atoms with Gasteiger partial charge in [0.2, 0.25) is 0 Å². The molecular weight excluding hydrogens is 196 g/mol. The van der Waals surface area contributed by atoms with Crippen LogP contribution in [0.2, 0.25) is 0 Å². The maximum absolute atomic E-state index is 10.8. The first kappa shape index (κ1) is 9.48. The van der Waals surface area contributed by atoms with Crippen LogP contribution < -0.4 is 8.87 Å². The Bertz CT molecular complexity index is 286. The third-order valence-corrected chi connectivity index (χ3v) is 2.52. The fourth-order valence-corrected chi connectivity index (χ4v) is 1.39. The molecule has 0 fully saturated rings.